The molecule has 13 heteroatoms. The highest BCUT2D eigenvalue weighted by Crippen LogP contribution is 2.55. The highest BCUT2D eigenvalue weighted by Gasteiger charge is 2.61. The quantitative estimate of drug-likeness (QED) is 0.439. The van der Waals surface area contributed by atoms with Crippen LogP contribution in [0.25, 0.3) is 0 Å². The van der Waals surface area contributed by atoms with Gasteiger partial charge in [0, 0.05) is 35.8 Å². The summed E-state index contributed by atoms with van der Waals surface area (Å²) in [6.45, 7) is 1.66. The van der Waals surface area contributed by atoms with Crippen molar-refractivity contribution in [1.29, 1.82) is 0 Å². The van der Waals surface area contributed by atoms with Gasteiger partial charge in [0.1, 0.15) is 12.2 Å². The molecule has 0 saturated heterocycles. The zero-order chi connectivity index (χ0) is 27.1. The Labute approximate surface area is 216 Å². The van der Waals surface area contributed by atoms with E-state index in [1.165, 1.54) is 12.1 Å². The molecule has 2 fully saturated rings. The molecular weight excluding hydrogens is 537 g/mol. The number of aliphatic hydroxyl groups is 1. The minimum absolute atomic E-state index is 0.112. The number of ether oxygens (including phenoxy) is 1. The number of hydrogen-bond acceptors (Lipinski definition) is 6. The molecular formula is C24H24ClF3N2O6S. The molecule has 8 nitrogen and oxygen atoms in total. The molecule has 0 spiro atoms. The van der Waals surface area contributed by atoms with Crippen LogP contribution in [0.5, 0.6) is 0 Å². The molecule has 2 aliphatic rings. The maximum atomic E-state index is 13.7. The molecule has 0 radical (unpaired) electrons. The lowest BCUT2D eigenvalue weighted by Crippen LogP contribution is -2.44. The molecule has 2 saturated carbocycles. The lowest BCUT2D eigenvalue weighted by atomic mass is 9.85. The number of nitrogens with one attached hydrogen (secondary N) is 2. The van der Waals surface area contributed by atoms with Gasteiger partial charge in [-0.05, 0) is 50.3 Å². The van der Waals surface area contributed by atoms with Gasteiger partial charge in [-0.2, -0.15) is 0 Å². The van der Waals surface area contributed by atoms with E-state index in [4.69, 9.17) is 16.3 Å². The number of rotatable bonds is 7. The number of amides is 2. The number of alkyl carbamates (subject to hydrolysis) is 1. The van der Waals surface area contributed by atoms with Crippen LogP contribution in [0, 0.1) is 29.3 Å². The van der Waals surface area contributed by atoms with Crippen LogP contribution in [0.15, 0.2) is 35.2 Å². The Morgan fingerprint density at radius 2 is 1.84 bits per heavy atom. The van der Waals surface area contributed by atoms with Gasteiger partial charge in [0.05, 0.1) is 15.2 Å². The number of benzene rings is 2. The van der Waals surface area contributed by atoms with Gasteiger partial charge in [-0.1, -0.05) is 11.6 Å². The lowest BCUT2D eigenvalue weighted by molar-refractivity contribution is -0.0602. The molecule has 2 aliphatic carbocycles. The van der Waals surface area contributed by atoms with Crippen molar-refractivity contribution in [3.8, 4) is 0 Å². The minimum Gasteiger partial charge on any atom is -0.446 e. The first kappa shape index (κ1) is 27.2. The molecule has 2 bridgehead atoms. The second-order valence-corrected chi connectivity index (χ2v) is 11.7. The Bertz CT molecular complexity index is 1330. The third kappa shape index (κ3) is 5.14. The van der Waals surface area contributed by atoms with Crippen molar-refractivity contribution in [2.45, 2.75) is 41.9 Å². The molecule has 2 aromatic rings. The Kier molecular flexibility index (Phi) is 7.46. The van der Waals surface area contributed by atoms with Crippen LogP contribution in [-0.2, 0) is 14.6 Å². The highest BCUT2D eigenvalue weighted by atomic mass is 35.5. The standard InChI is InChI=1S/C24H24ClF3N2O6S/c1-2-29-23(32)36-11-24(33)10-13-3-5-15(24)21(13)37(34,35)19-7-12(4-6-16(19)25)22(31)30-14-8-17(26)20(28)18(27)9-14/h4,6-9,13,15,21,33H,2-3,5,10-11H2,1H3,(H,29,32)(H,30,31)/t13?,15?,21-,24+/m1/s1. The smallest absolute Gasteiger partial charge is 0.407 e. The summed E-state index contributed by atoms with van der Waals surface area (Å²) in [6, 6.07) is 4.65. The average molecular weight is 561 g/mol. The van der Waals surface area contributed by atoms with Crippen LogP contribution in [0.2, 0.25) is 5.02 Å². The van der Waals surface area contributed by atoms with Crippen molar-refractivity contribution < 1.29 is 41.0 Å². The van der Waals surface area contributed by atoms with Crippen molar-refractivity contribution in [3.63, 3.8) is 0 Å². The van der Waals surface area contributed by atoms with Gasteiger partial charge in [0.2, 0.25) is 0 Å². The maximum Gasteiger partial charge on any atom is 0.407 e. The van der Waals surface area contributed by atoms with E-state index in [2.05, 4.69) is 10.6 Å². The summed E-state index contributed by atoms with van der Waals surface area (Å²) in [4.78, 5) is 24.1. The van der Waals surface area contributed by atoms with Crippen LogP contribution in [-0.4, -0.2) is 49.5 Å². The van der Waals surface area contributed by atoms with Crippen LogP contribution in [0.4, 0.5) is 23.7 Å². The van der Waals surface area contributed by atoms with E-state index >= 15 is 0 Å². The van der Waals surface area contributed by atoms with E-state index in [1.807, 2.05) is 0 Å². The van der Waals surface area contributed by atoms with E-state index in [0.717, 1.165) is 6.07 Å². The molecule has 0 aliphatic heterocycles. The molecule has 200 valence electrons. The summed E-state index contributed by atoms with van der Waals surface area (Å²) < 4.78 is 72.7. The molecule has 4 atom stereocenters. The van der Waals surface area contributed by atoms with E-state index in [-0.39, 0.29) is 34.2 Å². The average Bonchev–Trinajstić information content (AvgIpc) is 3.38. The predicted octanol–water partition coefficient (Wildman–Crippen LogP) is 4.06. The third-order valence-corrected chi connectivity index (χ3v) is 9.71. The molecule has 2 unspecified atom stereocenters. The third-order valence-electron chi connectivity index (χ3n) is 6.89. The van der Waals surface area contributed by atoms with Gasteiger partial charge in [0.15, 0.2) is 27.3 Å². The summed E-state index contributed by atoms with van der Waals surface area (Å²) in [5, 5.41) is 14.6. The van der Waals surface area contributed by atoms with Crippen molar-refractivity contribution in [1.82, 2.24) is 5.32 Å². The van der Waals surface area contributed by atoms with Crippen molar-refractivity contribution in [2.75, 3.05) is 18.5 Å². The fourth-order valence-corrected chi connectivity index (χ4v) is 8.24. The van der Waals surface area contributed by atoms with Gasteiger partial charge < -0.3 is 20.5 Å². The summed E-state index contributed by atoms with van der Waals surface area (Å²) in [7, 11) is -4.17. The molecule has 2 amide bonds. The van der Waals surface area contributed by atoms with Crippen molar-refractivity contribution >= 4 is 39.1 Å². The number of fused-ring (bicyclic) bond motifs is 2. The van der Waals surface area contributed by atoms with Gasteiger partial charge in [-0.3, -0.25) is 4.79 Å². The van der Waals surface area contributed by atoms with Gasteiger partial charge in [-0.15, -0.1) is 0 Å². The number of halogens is 4. The summed E-state index contributed by atoms with van der Waals surface area (Å²) >= 11 is 6.22. The zero-order valence-electron chi connectivity index (χ0n) is 19.6. The Morgan fingerprint density at radius 1 is 1.16 bits per heavy atom. The summed E-state index contributed by atoms with van der Waals surface area (Å²) in [5.41, 5.74) is -2.08. The zero-order valence-corrected chi connectivity index (χ0v) is 21.1. The minimum atomic E-state index is -4.17. The number of sulfone groups is 1. The topological polar surface area (TPSA) is 122 Å². The van der Waals surface area contributed by atoms with Crippen molar-refractivity contribution in [3.05, 3.63) is 58.4 Å². The van der Waals surface area contributed by atoms with Crippen molar-refractivity contribution in [2.24, 2.45) is 11.8 Å². The first-order chi connectivity index (χ1) is 17.4. The number of anilines is 1. The van der Waals surface area contributed by atoms with Crippen LogP contribution in [0.3, 0.4) is 0 Å². The maximum absolute atomic E-state index is 13.7. The number of carbonyl (C=O) groups excluding carboxylic acids is 2. The Morgan fingerprint density at radius 3 is 2.49 bits per heavy atom. The van der Waals surface area contributed by atoms with Crippen LogP contribution >= 0.6 is 11.6 Å². The lowest BCUT2D eigenvalue weighted by Gasteiger charge is -2.32. The van der Waals surface area contributed by atoms with Crippen LogP contribution in [0.1, 0.15) is 36.5 Å². The Balaban J connectivity index is 1.58. The Hall–Kier alpha value is -2.83. The second kappa shape index (κ2) is 10.1. The fourth-order valence-electron chi connectivity index (χ4n) is 5.31. The first-order valence-electron chi connectivity index (χ1n) is 11.5. The molecule has 4 rings (SSSR count). The number of carbonyl (C=O) groups is 2. The van der Waals surface area contributed by atoms with E-state index in [1.54, 1.807) is 6.92 Å². The highest BCUT2D eigenvalue weighted by molar-refractivity contribution is 7.92. The van der Waals surface area contributed by atoms with Crippen LogP contribution < -0.4 is 10.6 Å². The van der Waals surface area contributed by atoms with E-state index in [0.29, 0.717) is 31.5 Å². The monoisotopic (exact) mass is 560 g/mol. The normalized spacial score (nSPS) is 24.6. The summed E-state index contributed by atoms with van der Waals surface area (Å²) in [5.74, 6) is -6.75. The molecule has 0 heterocycles. The predicted molar refractivity (Wildman–Crippen MR) is 128 cm³/mol. The first-order valence-corrected chi connectivity index (χ1v) is 13.4. The molecule has 0 aromatic heterocycles. The van der Waals surface area contributed by atoms with Gasteiger partial charge in [0.25, 0.3) is 5.91 Å². The number of hydrogen-bond donors (Lipinski definition) is 3. The largest absolute Gasteiger partial charge is 0.446 e. The summed E-state index contributed by atoms with van der Waals surface area (Å²) in [6.07, 6.45) is 0.321. The SMILES string of the molecule is CCNC(=O)OC[C@@]1(O)CC2CCC1[C@@H]2S(=O)(=O)c1cc(C(=O)Nc2cc(F)c(F)c(F)c2)ccc1Cl. The fraction of sp³-hybridized carbons (Fsp3) is 0.417. The molecule has 37 heavy (non-hydrogen) atoms. The van der Waals surface area contributed by atoms with Gasteiger partial charge >= 0.3 is 6.09 Å². The second-order valence-electron chi connectivity index (χ2n) is 9.22. The molecule has 3 N–H and O–H groups in total. The molecule has 2 aromatic carbocycles. The van der Waals surface area contributed by atoms with E-state index < -0.39 is 62.0 Å². The van der Waals surface area contributed by atoms with Gasteiger partial charge in [-0.25, -0.2) is 26.4 Å². The van der Waals surface area contributed by atoms with E-state index in [9.17, 15) is 36.3 Å².